The van der Waals surface area contributed by atoms with Crippen LogP contribution in [0, 0.1) is 0 Å². The molecule has 0 aliphatic rings. The summed E-state index contributed by atoms with van der Waals surface area (Å²) in [6, 6.07) is 10.1. The number of hydrogen-bond donors (Lipinski definition) is 3. The van der Waals surface area contributed by atoms with Gasteiger partial charge in [0.15, 0.2) is 0 Å². The van der Waals surface area contributed by atoms with Crippen molar-refractivity contribution in [1.82, 2.24) is 20.2 Å². The fourth-order valence-electron chi connectivity index (χ4n) is 3.46. The zero-order valence-electron chi connectivity index (χ0n) is 17.0. The van der Waals surface area contributed by atoms with Crippen LogP contribution in [0.2, 0.25) is 0 Å². The second-order valence-electron chi connectivity index (χ2n) is 6.82. The Labute approximate surface area is 174 Å². The summed E-state index contributed by atoms with van der Waals surface area (Å²) >= 11 is 0. The maximum Gasteiger partial charge on any atom is 0.221 e. The molecule has 0 unspecified atom stereocenters. The Morgan fingerprint density at radius 2 is 1.70 bits per heavy atom. The van der Waals surface area contributed by atoms with E-state index in [1.165, 1.54) is 0 Å². The normalized spacial score (nSPS) is 11.0. The molecule has 0 radical (unpaired) electrons. The number of benzene rings is 2. The van der Waals surface area contributed by atoms with Gasteiger partial charge in [0.05, 0.1) is 30.5 Å². The molecule has 2 heterocycles. The third kappa shape index (κ3) is 3.84. The monoisotopic (exact) mass is 404 g/mol. The maximum atomic E-state index is 6.02. The Hall–Kier alpha value is -3.81. The molecule has 0 aliphatic carbocycles. The van der Waals surface area contributed by atoms with Gasteiger partial charge in [-0.1, -0.05) is 6.07 Å². The fourth-order valence-corrected chi connectivity index (χ4v) is 3.46. The minimum atomic E-state index is 0.159. The van der Waals surface area contributed by atoms with Crippen molar-refractivity contribution in [3.05, 3.63) is 53.9 Å². The van der Waals surface area contributed by atoms with E-state index in [1.54, 1.807) is 12.4 Å². The van der Waals surface area contributed by atoms with Crippen LogP contribution in [-0.2, 0) is 6.42 Å². The summed E-state index contributed by atoms with van der Waals surface area (Å²) in [6.45, 7) is 4.98. The third-order valence-corrected chi connectivity index (χ3v) is 4.77. The van der Waals surface area contributed by atoms with E-state index >= 15 is 0 Å². The molecule has 4 aromatic rings. The van der Waals surface area contributed by atoms with E-state index in [0.717, 1.165) is 44.7 Å². The number of H-pyrrole nitrogens is 1. The molecule has 30 heavy (non-hydrogen) atoms. The third-order valence-electron chi connectivity index (χ3n) is 4.77. The standard InChI is InChI=1S/C22H24N6O2/c1-3-29-18-8-13(7-16-11-25-22(24)27-21(16)23)9-19(30-4-2)20(18)14-5-6-17-15(10-14)12-26-28-17/h5-6,8-12H,3-4,7H2,1-2H3,(H,26,28)(H4,23,24,25,27). The van der Waals surface area contributed by atoms with Crippen molar-refractivity contribution in [2.45, 2.75) is 20.3 Å². The number of nitrogens with one attached hydrogen (secondary N) is 1. The Bertz CT molecular complexity index is 1160. The van der Waals surface area contributed by atoms with Gasteiger partial charge >= 0.3 is 0 Å². The van der Waals surface area contributed by atoms with E-state index in [4.69, 9.17) is 20.9 Å². The van der Waals surface area contributed by atoms with Gasteiger partial charge in [-0.25, -0.2) is 4.98 Å². The predicted octanol–water partition coefficient (Wildman–Crippen LogP) is 3.57. The van der Waals surface area contributed by atoms with E-state index in [2.05, 4.69) is 26.2 Å². The first kappa shape index (κ1) is 19.5. The zero-order valence-corrected chi connectivity index (χ0v) is 17.0. The summed E-state index contributed by atoms with van der Waals surface area (Å²) < 4.78 is 12.0. The van der Waals surface area contributed by atoms with Gasteiger partial charge in [-0.05, 0) is 49.2 Å². The number of fused-ring (bicyclic) bond motifs is 1. The molecule has 8 heteroatoms. The molecule has 154 valence electrons. The fraction of sp³-hybridized carbons (Fsp3) is 0.227. The molecule has 5 N–H and O–H groups in total. The van der Waals surface area contributed by atoms with E-state index < -0.39 is 0 Å². The number of aromatic nitrogens is 4. The first-order valence-electron chi connectivity index (χ1n) is 9.82. The molecule has 4 rings (SSSR count). The van der Waals surface area contributed by atoms with Gasteiger partial charge in [0, 0.05) is 23.6 Å². The molecule has 0 saturated carbocycles. The van der Waals surface area contributed by atoms with Crippen molar-refractivity contribution in [2.24, 2.45) is 0 Å². The quantitative estimate of drug-likeness (QED) is 0.430. The largest absolute Gasteiger partial charge is 0.493 e. The van der Waals surface area contributed by atoms with Crippen LogP contribution in [0.25, 0.3) is 22.0 Å². The number of hydrogen-bond acceptors (Lipinski definition) is 7. The summed E-state index contributed by atoms with van der Waals surface area (Å²) in [4.78, 5) is 8.11. The summed E-state index contributed by atoms with van der Waals surface area (Å²) in [5, 5.41) is 8.11. The van der Waals surface area contributed by atoms with Gasteiger partial charge < -0.3 is 20.9 Å². The van der Waals surface area contributed by atoms with Crippen molar-refractivity contribution in [2.75, 3.05) is 24.7 Å². The average molecular weight is 404 g/mol. The van der Waals surface area contributed by atoms with Crippen LogP contribution >= 0.6 is 0 Å². The maximum absolute atomic E-state index is 6.02. The summed E-state index contributed by atoms with van der Waals surface area (Å²) in [7, 11) is 0. The lowest BCUT2D eigenvalue weighted by molar-refractivity contribution is 0.325. The van der Waals surface area contributed by atoms with Crippen LogP contribution in [0.5, 0.6) is 11.5 Å². The number of nitrogen functional groups attached to an aromatic ring is 2. The molecular weight excluding hydrogens is 380 g/mol. The number of anilines is 2. The topological polar surface area (TPSA) is 125 Å². The number of nitrogens with two attached hydrogens (primary N) is 2. The van der Waals surface area contributed by atoms with E-state index in [-0.39, 0.29) is 5.95 Å². The summed E-state index contributed by atoms with van der Waals surface area (Å²) in [5.41, 5.74) is 16.3. The van der Waals surface area contributed by atoms with Gasteiger partial charge in [0.1, 0.15) is 17.3 Å². The van der Waals surface area contributed by atoms with Crippen LogP contribution in [0.3, 0.4) is 0 Å². The molecule has 0 amide bonds. The minimum Gasteiger partial charge on any atom is -0.493 e. The molecule has 2 aromatic carbocycles. The molecular formula is C22H24N6O2. The minimum absolute atomic E-state index is 0.159. The first-order chi connectivity index (χ1) is 14.6. The van der Waals surface area contributed by atoms with Gasteiger partial charge in [0.25, 0.3) is 0 Å². The Morgan fingerprint density at radius 3 is 2.37 bits per heavy atom. The van der Waals surface area contributed by atoms with Crippen molar-refractivity contribution >= 4 is 22.7 Å². The van der Waals surface area contributed by atoms with Crippen molar-refractivity contribution in [3.8, 4) is 22.6 Å². The Morgan fingerprint density at radius 1 is 0.967 bits per heavy atom. The zero-order chi connectivity index (χ0) is 21.1. The van der Waals surface area contributed by atoms with Crippen LogP contribution in [0.1, 0.15) is 25.0 Å². The molecule has 0 saturated heterocycles. The van der Waals surface area contributed by atoms with E-state index in [1.807, 2.05) is 38.1 Å². The van der Waals surface area contributed by atoms with Gasteiger partial charge in [-0.3, -0.25) is 5.10 Å². The highest BCUT2D eigenvalue weighted by molar-refractivity contribution is 5.87. The number of aromatic amines is 1. The van der Waals surface area contributed by atoms with Crippen LogP contribution in [0.15, 0.2) is 42.7 Å². The molecule has 0 atom stereocenters. The lowest BCUT2D eigenvalue weighted by Crippen LogP contribution is -2.05. The number of ether oxygens (including phenoxy) is 2. The Balaban J connectivity index is 1.82. The number of nitrogens with zero attached hydrogens (tertiary/aromatic N) is 3. The van der Waals surface area contributed by atoms with Gasteiger partial charge in [-0.15, -0.1) is 0 Å². The molecule has 8 nitrogen and oxygen atoms in total. The van der Waals surface area contributed by atoms with Gasteiger partial charge in [-0.2, -0.15) is 10.1 Å². The van der Waals surface area contributed by atoms with Crippen LogP contribution in [-0.4, -0.2) is 33.4 Å². The van der Waals surface area contributed by atoms with E-state index in [9.17, 15) is 0 Å². The highest BCUT2D eigenvalue weighted by Crippen LogP contribution is 2.41. The highest BCUT2D eigenvalue weighted by atomic mass is 16.5. The summed E-state index contributed by atoms with van der Waals surface area (Å²) in [5.74, 6) is 2.02. The van der Waals surface area contributed by atoms with Crippen LogP contribution < -0.4 is 20.9 Å². The smallest absolute Gasteiger partial charge is 0.221 e. The average Bonchev–Trinajstić information content (AvgIpc) is 3.18. The molecule has 0 fully saturated rings. The lowest BCUT2D eigenvalue weighted by Gasteiger charge is -2.18. The van der Waals surface area contributed by atoms with E-state index in [0.29, 0.717) is 25.5 Å². The number of rotatable bonds is 7. The summed E-state index contributed by atoms with van der Waals surface area (Å²) in [6.07, 6.45) is 3.99. The Kier molecular flexibility index (Phi) is 5.38. The second kappa shape index (κ2) is 8.28. The SMILES string of the molecule is CCOc1cc(Cc2cnc(N)nc2N)cc(OCC)c1-c1ccc2[nH]ncc2c1. The van der Waals surface area contributed by atoms with Crippen LogP contribution in [0.4, 0.5) is 11.8 Å². The predicted molar refractivity (Wildman–Crippen MR) is 118 cm³/mol. The van der Waals surface area contributed by atoms with Crippen molar-refractivity contribution < 1.29 is 9.47 Å². The molecule has 0 bridgehead atoms. The van der Waals surface area contributed by atoms with Crippen molar-refractivity contribution in [3.63, 3.8) is 0 Å². The van der Waals surface area contributed by atoms with Gasteiger partial charge in [0.2, 0.25) is 5.95 Å². The first-order valence-corrected chi connectivity index (χ1v) is 9.82. The highest BCUT2D eigenvalue weighted by Gasteiger charge is 2.17. The second-order valence-corrected chi connectivity index (χ2v) is 6.82. The molecule has 2 aromatic heterocycles. The van der Waals surface area contributed by atoms with Crippen molar-refractivity contribution in [1.29, 1.82) is 0 Å². The molecule has 0 spiro atoms. The molecule has 0 aliphatic heterocycles. The lowest BCUT2D eigenvalue weighted by atomic mass is 9.97.